The number of aromatic nitrogens is 4. The zero-order valence-corrected chi connectivity index (χ0v) is 20.0. The number of alkyl halides is 1. The lowest BCUT2D eigenvalue weighted by atomic mass is 9.93. The van der Waals surface area contributed by atoms with Gasteiger partial charge in [-0.25, -0.2) is 19.0 Å². The number of fused-ring (bicyclic) bond motifs is 1. The number of nitrogens with one attached hydrogen (secondary N) is 1. The molecule has 0 radical (unpaired) electrons. The maximum absolute atomic E-state index is 16.2. The largest absolute Gasteiger partial charge is 0.476 e. The van der Waals surface area contributed by atoms with E-state index in [2.05, 4.69) is 24.8 Å². The molecule has 34 heavy (non-hydrogen) atoms. The molecule has 15 heteroatoms. The van der Waals surface area contributed by atoms with Crippen LogP contribution >= 0.6 is 7.75 Å². The molecule has 1 saturated carbocycles. The number of imidazole rings is 1. The van der Waals surface area contributed by atoms with Crippen molar-refractivity contribution in [3.8, 4) is 5.88 Å². The molecule has 1 aliphatic carbocycles. The number of carbonyl (C=O) groups is 1. The summed E-state index contributed by atoms with van der Waals surface area (Å²) in [7, 11) is -2.80. The molecule has 4 heterocycles. The third-order valence-electron chi connectivity index (χ3n) is 6.35. The average Bonchev–Trinajstić information content (AvgIpc) is 3.24. The Morgan fingerprint density at radius 3 is 2.94 bits per heavy atom. The van der Waals surface area contributed by atoms with Gasteiger partial charge < -0.3 is 24.5 Å². The summed E-state index contributed by atoms with van der Waals surface area (Å²) in [5.74, 6) is -0.429. The number of methoxy groups -OCH3 is 1. The van der Waals surface area contributed by atoms with E-state index >= 15 is 4.39 Å². The van der Waals surface area contributed by atoms with Gasteiger partial charge in [0.05, 0.1) is 26.6 Å². The zero-order valence-electron chi connectivity index (χ0n) is 19.1. The molecule has 2 saturated heterocycles. The van der Waals surface area contributed by atoms with Crippen molar-refractivity contribution in [1.82, 2.24) is 24.6 Å². The number of nitrogen functional groups attached to an aromatic ring is 1. The fourth-order valence-corrected chi connectivity index (χ4v) is 6.60. The van der Waals surface area contributed by atoms with Crippen molar-refractivity contribution in [2.24, 2.45) is 0 Å². The number of nitrogens with zero attached hydrogens (tertiary/aromatic N) is 4. The Morgan fingerprint density at radius 2 is 2.24 bits per heavy atom. The second-order valence-electron chi connectivity index (χ2n) is 8.76. The van der Waals surface area contributed by atoms with E-state index in [9.17, 15) is 9.36 Å². The van der Waals surface area contributed by atoms with Gasteiger partial charge in [-0.1, -0.05) is 0 Å². The van der Waals surface area contributed by atoms with Crippen molar-refractivity contribution >= 4 is 30.8 Å². The summed E-state index contributed by atoms with van der Waals surface area (Å²) >= 11 is 0. The van der Waals surface area contributed by atoms with Gasteiger partial charge in [0.25, 0.3) is 0 Å². The highest BCUT2D eigenvalue weighted by Crippen LogP contribution is 2.69. The minimum Gasteiger partial charge on any atom is -0.476 e. The number of carbonyl (C=O) groups excluding carboxylic acids is 1. The van der Waals surface area contributed by atoms with Crippen LogP contribution in [-0.4, -0.2) is 74.8 Å². The first-order valence-electron chi connectivity index (χ1n) is 10.8. The number of hydrogen-bond acceptors (Lipinski definition) is 11. The number of rotatable bonds is 7. The van der Waals surface area contributed by atoms with Crippen molar-refractivity contribution in [3.63, 3.8) is 0 Å². The van der Waals surface area contributed by atoms with Gasteiger partial charge >= 0.3 is 13.7 Å². The summed E-state index contributed by atoms with van der Waals surface area (Å²) in [5.41, 5.74) is 3.44. The molecular formula is C19H26FN6O7P. The van der Waals surface area contributed by atoms with Crippen LogP contribution in [0.3, 0.4) is 0 Å². The van der Waals surface area contributed by atoms with Crippen molar-refractivity contribution in [2.75, 3.05) is 19.5 Å². The van der Waals surface area contributed by atoms with Gasteiger partial charge in [0.2, 0.25) is 11.8 Å². The first-order chi connectivity index (χ1) is 16.0. The third-order valence-corrected chi connectivity index (χ3v) is 8.07. The quantitative estimate of drug-likeness (QED) is 0.412. The highest BCUT2D eigenvalue weighted by atomic mass is 31.2. The molecule has 1 spiro atoms. The molecule has 5 rings (SSSR count). The maximum atomic E-state index is 16.2. The molecule has 186 valence electrons. The molecule has 2 aliphatic heterocycles. The summed E-state index contributed by atoms with van der Waals surface area (Å²) in [5, 5.41) is 2.51. The van der Waals surface area contributed by atoms with Crippen LogP contribution in [-0.2, 0) is 34.4 Å². The topological polar surface area (TPSA) is 162 Å². The van der Waals surface area contributed by atoms with E-state index in [4.69, 9.17) is 24.3 Å². The Morgan fingerprint density at radius 1 is 1.47 bits per heavy atom. The first kappa shape index (κ1) is 23.4. The standard InChI is InChI=1S/C19H26FN6O7P/c1-5-30-14-12-13(23-17(21)24-14)26(8-22-12)7-11-18(3,20)16-19(31-11)6-10(19)32-34(28,33-16)25-9(2)15(27)29-4/h8-11,16H,5-7H2,1-4H3,(H,25,28)(H2,21,23,24)/t9-,10+,11-,16-,18-,19?,34+/m0/s1. The van der Waals surface area contributed by atoms with Gasteiger partial charge in [0.1, 0.15) is 30.0 Å². The molecule has 13 nitrogen and oxygen atoms in total. The van der Waals surface area contributed by atoms with E-state index < -0.39 is 49.3 Å². The van der Waals surface area contributed by atoms with Crippen molar-refractivity contribution in [2.45, 2.75) is 69.4 Å². The second kappa shape index (κ2) is 7.82. The SMILES string of the molecule is CCOc1nc(N)nc2c1ncn2C[C@@H]1OC23C[C@H]2O[P@](=O)(N[C@@H](C)C(=O)OC)O[C@H]3[C@@]1(C)F. The molecule has 0 bridgehead atoms. The Labute approximate surface area is 194 Å². The first-order valence-corrected chi connectivity index (χ1v) is 12.4. The monoisotopic (exact) mass is 500 g/mol. The van der Waals surface area contributed by atoms with Crippen LogP contribution < -0.4 is 15.6 Å². The van der Waals surface area contributed by atoms with Crippen molar-refractivity contribution in [1.29, 1.82) is 0 Å². The summed E-state index contributed by atoms with van der Waals surface area (Å²) in [4.78, 5) is 24.3. The minimum absolute atomic E-state index is 0.00829. The molecule has 2 aromatic rings. The highest BCUT2D eigenvalue weighted by molar-refractivity contribution is 7.51. The average molecular weight is 500 g/mol. The van der Waals surface area contributed by atoms with E-state index in [0.29, 0.717) is 24.2 Å². The Bertz CT molecular complexity index is 1190. The lowest BCUT2D eigenvalue weighted by Crippen LogP contribution is -2.49. The van der Waals surface area contributed by atoms with E-state index in [1.807, 2.05) is 0 Å². The number of esters is 1. The molecule has 0 aromatic carbocycles. The predicted octanol–water partition coefficient (Wildman–Crippen LogP) is 1.12. The van der Waals surface area contributed by atoms with E-state index in [1.54, 1.807) is 11.5 Å². The van der Waals surface area contributed by atoms with E-state index in [-0.39, 0.29) is 18.4 Å². The zero-order chi connectivity index (χ0) is 24.5. The lowest BCUT2D eigenvalue weighted by molar-refractivity contribution is -0.142. The second-order valence-corrected chi connectivity index (χ2v) is 10.4. The molecular weight excluding hydrogens is 474 g/mol. The fourth-order valence-electron chi connectivity index (χ4n) is 4.60. The molecule has 2 aromatic heterocycles. The normalized spacial score (nSPS) is 37.1. The summed E-state index contributed by atoms with van der Waals surface area (Å²) < 4.78 is 58.5. The minimum atomic E-state index is -4.01. The van der Waals surface area contributed by atoms with Gasteiger partial charge in [-0.15, -0.1) is 0 Å². The highest BCUT2D eigenvalue weighted by Gasteiger charge is 2.79. The van der Waals surface area contributed by atoms with Crippen LogP contribution in [0.15, 0.2) is 6.33 Å². The van der Waals surface area contributed by atoms with Crippen LogP contribution in [0.4, 0.5) is 10.3 Å². The number of ether oxygens (including phenoxy) is 3. The van der Waals surface area contributed by atoms with Crippen LogP contribution in [0, 0.1) is 0 Å². The van der Waals surface area contributed by atoms with Crippen molar-refractivity contribution in [3.05, 3.63) is 6.33 Å². The van der Waals surface area contributed by atoms with Crippen LogP contribution in [0.1, 0.15) is 27.2 Å². The molecule has 7 atom stereocenters. The number of anilines is 1. The summed E-state index contributed by atoms with van der Waals surface area (Å²) in [6.45, 7) is 4.97. The van der Waals surface area contributed by atoms with Gasteiger partial charge in [-0.2, -0.15) is 9.97 Å². The number of halogens is 1. The summed E-state index contributed by atoms with van der Waals surface area (Å²) in [6.07, 6.45) is -1.04. The maximum Gasteiger partial charge on any atom is 0.407 e. The Hall–Kier alpha value is -2.38. The molecule has 1 unspecified atom stereocenters. The van der Waals surface area contributed by atoms with Gasteiger partial charge in [-0.3, -0.25) is 13.8 Å². The molecule has 3 N–H and O–H groups in total. The van der Waals surface area contributed by atoms with Gasteiger partial charge in [0.15, 0.2) is 16.8 Å². The molecule has 3 aliphatic rings. The number of hydrogen-bond donors (Lipinski definition) is 2. The number of nitrogens with two attached hydrogens (primary N) is 1. The summed E-state index contributed by atoms with van der Waals surface area (Å²) in [6, 6.07) is -0.979. The lowest BCUT2D eigenvalue weighted by Gasteiger charge is -2.35. The molecule has 3 fully saturated rings. The van der Waals surface area contributed by atoms with Crippen LogP contribution in [0.25, 0.3) is 11.2 Å². The Kier molecular flexibility index (Phi) is 5.37. The predicted molar refractivity (Wildman–Crippen MR) is 115 cm³/mol. The molecule has 0 amide bonds. The van der Waals surface area contributed by atoms with E-state index in [1.165, 1.54) is 27.3 Å². The van der Waals surface area contributed by atoms with E-state index in [0.717, 1.165) is 0 Å². The smallest absolute Gasteiger partial charge is 0.407 e. The Balaban J connectivity index is 1.40. The fraction of sp³-hybridized carbons (Fsp3) is 0.684. The van der Waals surface area contributed by atoms with Crippen LogP contribution in [0.2, 0.25) is 0 Å². The van der Waals surface area contributed by atoms with Crippen LogP contribution in [0.5, 0.6) is 5.88 Å². The van der Waals surface area contributed by atoms with Gasteiger partial charge in [0, 0.05) is 6.42 Å². The van der Waals surface area contributed by atoms with Gasteiger partial charge in [-0.05, 0) is 20.8 Å². The third kappa shape index (κ3) is 3.55. The van der Waals surface area contributed by atoms with Crippen molar-refractivity contribution < 1.29 is 37.0 Å².